The summed E-state index contributed by atoms with van der Waals surface area (Å²) < 4.78 is 0. The van der Waals surface area contributed by atoms with Crippen LogP contribution in [0, 0.1) is 16.2 Å². The summed E-state index contributed by atoms with van der Waals surface area (Å²) >= 11 is 0. The topological polar surface area (TPSA) is 19.4 Å². The van der Waals surface area contributed by atoms with Gasteiger partial charge in [-0.2, -0.15) is 0 Å². The second kappa shape index (κ2) is 14.3. The minimum absolute atomic E-state index is 0.703. The average Bonchev–Trinajstić information content (AvgIpc) is 2.84. The van der Waals surface area contributed by atoms with E-state index in [9.17, 15) is 0 Å². The Balaban J connectivity index is 0.000000148. The second-order valence-corrected chi connectivity index (χ2v) is 17.8. The predicted octanol–water partition coefficient (Wildman–Crippen LogP) is 5.82. The Morgan fingerprint density at radius 1 is 0.279 bits per heavy atom. The third-order valence-electron chi connectivity index (χ3n) is 12.4. The van der Waals surface area contributed by atoms with Crippen molar-refractivity contribution in [2.24, 2.45) is 16.2 Å². The minimum atomic E-state index is 0.703. The van der Waals surface area contributed by atoms with Crippen molar-refractivity contribution in [2.45, 2.75) is 145 Å². The lowest BCUT2D eigenvalue weighted by atomic mass is 9.71. The largest absolute Gasteiger partial charge is 0.301 e. The molecule has 6 rings (SSSR count). The van der Waals surface area contributed by atoms with Crippen molar-refractivity contribution in [1.82, 2.24) is 29.4 Å². The molecule has 6 heteroatoms. The molecule has 6 fully saturated rings. The maximum atomic E-state index is 2.63. The summed E-state index contributed by atoms with van der Waals surface area (Å²) in [4.78, 5) is 15.7. The molecule has 0 N–H and O–H groups in total. The molecule has 0 saturated carbocycles. The van der Waals surface area contributed by atoms with Gasteiger partial charge in [0.1, 0.15) is 0 Å². The maximum Gasteiger partial charge on any atom is 0.0212 e. The van der Waals surface area contributed by atoms with Crippen molar-refractivity contribution in [3.05, 3.63) is 0 Å². The van der Waals surface area contributed by atoms with Crippen LogP contribution in [0.3, 0.4) is 0 Å². The van der Waals surface area contributed by atoms with Gasteiger partial charge in [-0.15, -0.1) is 0 Å². The first-order valence-electron chi connectivity index (χ1n) is 18.5. The molecule has 43 heavy (non-hydrogen) atoms. The number of hydrogen-bond donors (Lipinski definition) is 0. The monoisotopic (exact) mass is 603 g/mol. The Kier molecular flexibility index (Phi) is 11.8. The molecule has 0 aliphatic carbocycles. The SMILES string of the molecule is CC(C)N1CC2(C1)CN(C(C)C)C2.CC(C)N1CCC2(CC1)CN(C(C)C)C2.CC(C)N1CCC2(CC1)CN(C(C)C)C2. The highest BCUT2D eigenvalue weighted by Gasteiger charge is 2.52. The van der Waals surface area contributed by atoms with E-state index in [4.69, 9.17) is 0 Å². The molecule has 6 aliphatic rings. The Morgan fingerprint density at radius 3 is 0.651 bits per heavy atom. The van der Waals surface area contributed by atoms with E-state index in [1.807, 2.05) is 0 Å². The fraction of sp³-hybridized carbons (Fsp3) is 1.00. The third kappa shape index (κ3) is 8.57. The molecular formula is C37H74N6. The highest BCUT2D eigenvalue weighted by atomic mass is 15.3. The first kappa shape index (κ1) is 35.6. The standard InChI is InChI=1S/2C13H26N2.C11H22N2/c2*1-11(2)14-7-5-13(6-8-14)9-15(10-13)12(3)4;1-9(2)12-5-11(6-12)7-13(8-11)10(3)4/h2*11-12H,5-10H2,1-4H3;9-10H,5-8H2,1-4H3. The minimum Gasteiger partial charge on any atom is -0.301 e. The molecule has 0 bridgehead atoms. The fourth-order valence-electron chi connectivity index (χ4n) is 8.58. The molecule has 6 heterocycles. The number of rotatable bonds is 6. The van der Waals surface area contributed by atoms with Crippen LogP contribution in [-0.4, -0.2) is 144 Å². The number of piperidine rings is 2. The zero-order valence-corrected chi connectivity index (χ0v) is 31.0. The van der Waals surface area contributed by atoms with Crippen LogP contribution in [0.5, 0.6) is 0 Å². The summed E-state index contributed by atoms with van der Waals surface area (Å²) in [5, 5.41) is 0. The fourth-order valence-corrected chi connectivity index (χ4v) is 8.58. The van der Waals surface area contributed by atoms with Crippen LogP contribution in [0.15, 0.2) is 0 Å². The van der Waals surface area contributed by atoms with Crippen LogP contribution in [0.25, 0.3) is 0 Å². The first-order valence-corrected chi connectivity index (χ1v) is 18.5. The van der Waals surface area contributed by atoms with Gasteiger partial charge in [-0.1, -0.05) is 0 Å². The van der Waals surface area contributed by atoms with Gasteiger partial charge in [0.15, 0.2) is 0 Å². The maximum absolute atomic E-state index is 2.63. The molecule has 252 valence electrons. The predicted molar refractivity (Wildman–Crippen MR) is 186 cm³/mol. The van der Waals surface area contributed by atoms with Crippen LogP contribution < -0.4 is 0 Å². The summed E-state index contributed by atoms with van der Waals surface area (Å²) in [5.41, 5.74) is 2.11. The summed E-state index contributed by atoms with van der Waals surface area (Å²) in [5.74, 6) is 0. The molecule has 0 radical (unpaired) electrons. The van der Waals surface area contributed by atoms with Gasteiger partial charge in [-0.25, -0.2) is 0 Å². The quantitative estimate of drug-likeness (QED) is 0.379. The second-order valence-electron chi connectivity index (χ2n) is 17.8. The van der Waals surface area contributed by atoms with Gasteiger partial charge >= 0.3 is 0 Å². The molecule has 0 atom stereocenters. The van der Waals surface area contributed by atoms with Gasteiger partial charge in [0.05, 0.1) is 0 Å². The Labute approximate surface area is 268 Å². The van der Waals surface area contributed by atoms with Crippen molar-refractivity contribution in [3.8, 4) is 0 Å². The summed E-state index contributed by atoms with van der Waals surface area (Å²) in [6.45, 7) is 43.8. The van der Waals surface area contributed by atoms with Gasteiger partial charge in [0, 0.05) is 94.0 Å². The van der Waals surface area contributed by atoms with Crippen LogP contribution >= 0.6 is 0 Å². The van der Waals surface area contributed by atoms with E-state index in [1.54, 1.807) is 0 Å². The molecule has 6 saturated heterocycles. The lowest BCUT2D eigenvalue weighted by molar-refractivity contribution is -0.135. The molecule has 0 amide bonds. The van der Waals surface area contributed by atoms with E-state index in [0.717, 1.165) is 36.3 Å². The number of hydrogen-bond acceptors (Lipinski definition) is 6. The van der Waals surface area contributed by atoms with Crippen LogP contribution in [0.1, 0.15) is 109 Å². The van der Waals surface area contributed by atoms with Gasteiger partial charge in [0.2, 0.25) is 0 Å². The van der Waals surface area contributed by atoms with Crippen LogP contribution in [0.4, 0.5) is 0 Å². The summed E-state index contributed by atoms with van der Waals surface area (Å²) in [7, 11) is 0. The van der Waals surface area contributed by atoms with Gasteiger partial charge in [0.25, 0.3) is 0 Å². The highest BCUT2D eigenvalue weighted by molar-refractivity contribution is 5.07. The van der Waals surface area contributed by atoms with Crippen molar-refractivity contribution in [1.29, 1.82) is 0 Å². The van der Waals surface area contributed by atoms with E-state index >= 15 is 0 Å². The summed E-state index contributed by atoms with van der Waals surface area (Å²) in [6, 6.07) is 4.47. The Morgan fingerprint density at radius 2 is 0.465 bits per heavy atom. The van der Waals surface area contributed by atoms with E-state index in [-0.39, 0.29) is 0 Å². The molecule has 0 aromatic rings. The van der Waals surface area contributed by atoms with Crippen molar-refractivity contribution in [3.63, 3.8) is 0 Å². The normalized spacial score (nSPS) is 27.8. The third-order valence-corrected chi connectivity index (χ3v) is 12.4. The Hall–Kier alpha value is -0.240. The molecule has 0 aromatic heterocycles. The molecule has 0 aromatic carbocycles. The van der Waals surface area contributed by atoms with E-state index in [0.29, 0.717) is 16.2 Å². The summed E-state index contributed by atoms with van der Waals surface area (Å²) in [6.07, 6.45) is 5.70. The van der Waals surface area contributed by atoms with Gasteiger partial charge < -0.3 is 9.80 Å². The highest BCUT2D eigenvalue weighted by Crippen LogP contribution is 2.43. The lowest BCUT2D eigenvalue weighted by Crippen LogP contribution is -2.73. The van der Waals surface area contributed by atoms with Gasteiger partial charge in [-0.05, 0) is 146 Å². The van der Waals surface area contributed by atoms with Crippen LogP contribution in [0.2, 0.25) is 0 Å². The van der Waals surface area contributed by atoms with E-state index in [1.165, 1.54) is 104 Å². The zero-order valence-electron chi connectivity index (χ0n) is 31.0. The molecule has 0 unspecified atom stereocenters. The smallest absolute Gasteiger partial charge is 0.0212 e. The molecule has 6 aliphatic heterocycles. The van der Waals surface area contributed by atoms with E-state index in [2.05, 4.69) is 112 Å². The van der Waals surface area contributed by atoms with Crippen LogP contribution in [-0.2, 0) is 0 Å². The molecule has 6 nitrogen and oxygen atoms in total. The zero-order chi connectivity index (χ0) is 31.7. The van der Waals surface area contributed by atoms with Crippen molar-refractivity contribution in [2.75, 3.05) is 78.5 Å². The first-order chi connectivity index (χ1) is 20.1. The van der Waals surface area contributed by atoms with Crippen molar-refractivity contribution >= 4 is 0 Å². The number of likely N-dealkylation sites (tertiary alicyclic amines) is 6. The van der Waals surface area contributed by atoms with Crippen molar-refractivity contribution < 1.29 is 0 Å². The lowest BCUT2D eigenvalue weighted by Gasteiger charge is -2.62. The van der Waals surface area contributed by atoms with Gasteiger partial charge in [-0.3, -0.25) is 19.6 Å². The number of nitrogens with zero attached hydrogens (tertiary/aromatic N) is 6. The molecule has 3 spiro atoms. The molecular weight excluding hydrogens is 528 g/mol. The Bertz CT molecular complexity index is 748. The average molecular weight is 603 g/mol. The van der Waals surface area contributed by atoms with E-state index < -0.39 is 0 Å².